The summed E-state index contributed by atoms with van der Waals surface area (Å²) in [4.78, 5) is 38.7. The Morgan fingerprint density at radius 2 is 1.37 bits per heavy atom. The molecule has 3 aliphatic rings. The Morgan fingerprint density at radius 3 is 1.97 bits per heavy atom. The molecule has 22 nitrogen and oxygen atoms in total. The normalized spacial score (nSPS) is 32.6. The molecule has 0 radical (unpaired) electrons. The number of allylic oxidation sites excluding steroid dienone is 2. The second kappa shape index (κ2) is 20.7. The van der Waals surface area contributed by atoms with Crippen molar-refractivity contribution >= 4 is 22.9 Å². The molecule has 0 saturated carbocycles. The molecule has 0 bridgehead atoms. The summed E-state index contributed by atoms with van der Waals surface area (Å²) in [6.45, 7) is 5.84. The number of phenols is 1. The van der Waals surface area contributed by atoms with E-state index in [1.54, 1.807) is 32.1 Å². The Bertz CT molecular complexity index is 2240. The van der Waals surface area contributed by atoms with Gasteiger partial charge in [-0.25, -0.2) is 0 Å². The van der Waals surface area contributed by atoms with Crippen molar-refractivity contribution in [3.63, 3.8) is 0 Å². The highest BCUT2D eigenvalue weighted by molar-refractivity contribution is 5.91. The van der Waals surface area contributed by atoms with Gasteiger partial charge in [-0.2, -0.15) is 0 Å². The number of hydrogen-bond acceptors (Lipinski definition) is 22. The van der Waals surface area contributed by atoms with E-state index in [-0.39, 0.29) is 34.6 Å². The number of fused-ring (bicyclic) bond motifs is 1. The fourth-order valence-electron chi connectivity index (χ4n) is 7.53. The van der Waals surface area contributed by atoms with Crippen molar-refractivity contribution in [3.05, 3.63) is 57.8 Å². The second-order valence-electron chi connectivity index (χ2n) is 16.0. The zero-order chi connectivity index (χ0) is 47.6. The third kappa shape index (κ3) is 10.5. The highest BCUT2D eigenvalue weighted by Gasteiger charge is 2.53. The molecule has 3 aromatic rings. The van der Waals surface area contributed by atoms with Crippen LogP contribution >= 0.6 is 0 Å². The van der Waals surface area contributed by atoms with Crippen molar-refractivity contribution in [3.8, 4) is 34.3 Å². The van der Waals surface area contributed by atoms with Gasteiger partial charge in [-0.05, 0) is 51.5 Å². The van der Waals surface area contributed by atoms with Crippen molar-refractivity contribution in [2.75, 3.05) is 20.3 Å². The molecule has 3 aliphatic heterocycles. The first-order valence-electron chi connectivity index (χ1n) is 20.5. The Kier molecular flexibility index (Phi) is 15.8. The lowest BCUT2D eigenvalue weighted by Gasteiger charge is -2.46. The number of carbonyl (C=O) groups is 2. The fraction of sp³-hybridized carbons (Fsp3) is 0.558. The van der Waals surface area contributed by atoms with Gasteiger partial charge in [-0.1, -0.05) is 11.6 Å². The van der Waals surface area contributed by atoms with Crippen LogP contribution in [-0.4, -0.2) is 170 Å². The van der Waals surface area contributed by atoms with Gasteiger partial charge < -0.3 is 93.0 Å². The lowest BCUT2D eigenvalue weighted by Crippen LogP contribution is -2.65. The van der Waals surface area contributed by atoms with Gasteiger partial charge in [0.15, 0.2) is 18.2 Å². The molecule has 9 N–H and O–H groups in total. The highest BCUT2D eigenvalue weighted by Crippen LogP contribution is 2.42. The second-order valence-corrected chi connectivity index (χ2v) is 16.0. The molecule has 358 valence electrons. The van der Waals surface area contributed by atoms with Gasteiger partial charge in [0.05, 0.1) is 19.8 Å². The number of methoxy groups -OCH3 is 1. The zero-order valence-electron chi connectivity index (χ0n) is 36.1. The number of ether oxygens (including phenoxy) is 9. The SMILES string of the molecule is COc1ccc(-c2oc3c(CC=C(C)C)c(O[C@@H]4O[C@H](CO)[C@@H](O)[C@H](O)[C@H]4O)cc(O)c3c(=O)c2O[C@@H]2O[C@H](C)[C@@H](OC(C)=O)[C@H](O[C@@H]3O[C@H](COC(C)=O)[C@@H](O)[C@H](O)[C@H]3O)[C@@H]2O)cc1. The summed E-state index contributed by atoms with van der Waals surface area (Å²) >= 11 is 0. The molecule has 3 saturated heterocycles. The highest BCUT2D eigenvalue weighted by atomic mass is 16.7. The summed E-state index contributed by atoms with van der Waals surface area (Å²) in [5.74, 6) is -3.00. The number of rotatable bonds is 14. The van der Waals surface area contributed by atoms with Crippen molar-refractivity contribution in [1.29, 1.82) is 0 Å². The third-order valence-corrected chi connectivity index (χ3v) is 11.0. The number of aliphatic hydroxyl groups is 8. The van der Waals surface area contributed by atoms with Crippen LogP contribution in [0.25, 0.3) is 22.3 Å². The summed E-state index contributed by atoms with van der Waals surface area (Å²) < 4.78 is 57.5. The number of carbonyl (C=O) groups excluding carboxylic acids is 2. The average molecular weight is 923 g/mol. The Balaban J connectivity index is 1.46. The summed E-state index contributed by atoms with van der Waals surface area (Å²) in [7, 11) is 1.43. The maximum absolute atomic E-state index is 14.8. The van der Waals surface area contributed by atoms with Crippen LogP contribution in [0.3, 0.4) is 0 Å². The van der Waals surface area contributed by atoms with Crippen LogP contribution in [0.2, 0.25) is 0 Å². The smallest absolute Gasteiger partial charge is 0.303 e. The van der Waals surface area contributed by atoms with Crippen LogP contribution in [0, 0.1) is 0 Å². The van der Waals surface area contributed by atoms with Crippen LogP contribution < -0.4 is 19.6 Å². The summed E-state index contributed by atoms with van der Waals surface area (Å²) in [5.41, 5.74) is -0.123. The molecular formula is C43H54O22. The van der Waals surface area contributed by atoms with Crippen molar-refractivity contribution in [1.82, 2.24) is 0 Å². The maximum atomic E-state index is 14.8. The molecule has 0 unspecified atom stereocenters. The van der Waals surface area contributed by atoms with E-state index in [9.17, 15) is 60.3 Å². The van der Waals surface area contributed by atoms with Crippen molar-refractivity contribution < 1.29 is 103 Å². The van der Waals surface area contributed by atoms with Crippen LogP contribution in [0.5, 0.6) is 23.0 Å². The molecule has 2 aromatic carbocycles. The quantitative estimate of drug-likeness (QED) is 0.0694. The number of hydrogen-bond donors (Lipinski definition) is 9. The van der Waals surface area contributed by atoms with Gasteiger partial charge in [-0.3, -0.25) is 14.4 Å². The van der Waals surface area contributed by atoms with E-state index in [2.05, 4.69) is 0 Å². The summed E-state index contributed by atoms with van der Waals surface area (Å²) in [5, 5.41) is 96.5. The van der Waals surface area contributed by atoms with Crippen molar-refractivity contribution in [2.45, 2.75) is 133 Å². The van der Waals surface area contributed by atoms with Gasteiger partial charge >= 0.3 is 11.9 Å². The Morgan fingerprint density at radius 1 is 0.754 bits per heavy atom. The first kappa shape index (κ1) is 49.5. The molecule has 6 rings (SSSR count). The predicted octanol–water partition coefficient (Wildman–Crippen LogP) is -0.966. The lowest BCUT2D eigenvalue weighted by atomic mass is 9.97. The maximum Gasteiger partial charge on any atom is 0.303 e. The molecule has 0 amide bonds. The van der Waals surface area contributed by atoms with E-state index in [4.69, 9.17) is 47.0 Å². The lowest BCUT2D eigenvalue weighted by molar-refractivity contribution is -0.351. The minimum Gasteiger partial charge on any atom is -0.507 e. The molecule has 15 atom stereocenters. The molecule has 4 heterocycles. The van der Waals surface area contributed by atoms with E-state index >= 15 is 0 Å². The molecular weight excluding hydrogens is 868 g/mol. The van der Waals surface area contributed by atoms with Crippen LogP contribution in [0.1, 0.15) is 40.2 Å². The standard InChI is InChI=1S/C43H54O22/c1-16(2)7-12-22-24(60-41-33(53)31(51)28(48)25(14-44)61-41)13-23(47)27-30(50)39(37(63-38(22)27)20-8-10-21(56-6)11-9-20)64-43-35(55)40(36(17(3)58-43)59-19(5)46)65-42-34(54)32(52)29(49)26(62-42)15-57-18(4)45/h7-11,13,17,25-26,28-29,31-36,40-44,47-49,51-55H,12,14-15H2,1-6H3/t17-,25-,26-,28-,29-,31+,32+,33-,34-,35+,36-,40-,41-,42+,43+/m1/s1. The molecule has 65 heavy (non-hydrogen) atoms. The van der Waals surface area contributed by atoms with Gasteiger partial charge in [0.25, 0.3) is 0 Å². The third-order valence-electron chi connectivity index (χ3n) is 11.0. The molecule has 0 aliphatic carbocycles. The Labute approximate surface area is 370 Å². The van der Waals surface area contributed by atoms with E-state index in [0.29, 0.717) is 5.75 Å². The minimum atomic E-state index is -2.02. The van der Waals surface area contributed by atoms with E-state index < -0.39 is 140 Å². The number of phenolic OH excluding ortho intramolecular Hbond substituents is 1. The van der Waals surface area contributed by atoms with Crippen LogP contribution in [0.15, 0.2) is 51.2 Å². The van der Waals surface area contributed by atoms with Gasteiger partial charge in [0.1, 0.15) is 95.9 Å². The topological polar surface area (TPSA) is 329 Å². The molecule has 0 spiro atoms. The van der Waals surface area contributed by atoms with Gasteiger partial charge in [0, 0.05) is 31.0 Å². The zero-order valence-corrected chi connectivity index (χ0v) is 36.1. The molecule has 3 fully saturated rings. The van der Waals surface area contributed by atoms with Crippen LogP contribution in [-0.2, 0) is 44.4 Å². The largest absolute Gasteiger partial charge is 0.507 e. The van der Waals surface area contributed by atoms with Gasteiger partial charge in [0.2, 0.25) is 23.8 Å². The Hall–Kier alpha value is -4.95. The first-order valence-corrected chi connectivity index (χ1v) is 20.5. The van der Waals surface area contributed by atoms with E-state index in [1.807, 2.05) is 0 Å². The first-order chi connectivity index (χ1) is 30.7. The fourth-order valence-corrected chi connectivity index (χ4v) is 7.53. The minimum absolute atomic E-state index is 0.0157. The number of esters is 2. The van der Waals surface area contributed by atoms with Crippen molar-refractivity contribution in [2.24, 2.45) is 0 Å². The number of aliphatic hydroxyl groups excluding tert-OH is 8. The predicted molar refractivity (Wildman–Crippen MR) is 218 cm³/mol. The number of aromatic hydroxyl groups is 1. The molecule has 1 aromatic heterocycles. The van der Waals surface area contributed by atoms with Crippen LogP contribution in [0.4, 0.5) is 0 Å². The number of benzene rings is 2. The van der Waals surface area contributed by atoms with E-state index in [1.165, 1.54) is 26.2 Å². The summed E-state index contributed by atoms with van der Waals surface area (Å²) in [6, 6.07) is 7.14. The summed E-state index contributed by atoms with van der Waals surface area (Å²) in [6.07, 6.45) is -23.8. The van der Waals surface area contributed by atoms with Gasteiger partial charge in [-0.15, -0.1) is 0 Å². The molecule has 22 heteroatoms. The average Bonchev–Trinajstić information content (AvgIpc) is 3.26. The van der Waals surface area contributed by atoms with E-state index in [0.717, 1.165) is 25.5 Å². The monoisotopic (exact) mass is 922 g/mol.